The van der Waals surface area contributed by atoms with Crippen molar-refractivity contribution in [3.63, 3.8) is 0 Å². The molecule has 1 amide bonds. The third-order valence-corrected chi connectivity index (χ3v) is 6.87. The molecule has 0 aromatic carbocycles. The summed E-state index contributed by atoms with van der Waals surface area (Å²) in [6, 6.07) is 0.642. The Morgan fingerprint density at radius 2 is 1.50 bits per heavy atom. The van der Waals surface area contributed by atoms with Crippen LogP contribution in [0, 0.1) is 0 Å². The molecular formula is C17H37NO7Si. The zero-order valence-electron chi connectivity index (χ0n) is 17.3. The Morgan fingerprint density at radius 3 is 1.96 bits per heavy atom. The van der Waals surface area contributed by atoms with Crippen LogP contribution in [-0.4, -0.2) is 66.9 Å². The summed E-state index contributed by atoms with van der Waals surface area (Å²) < 4.78 is 33.2. The van der Waals surface area contributed by atoms with Gasteiger partial charge < -0.3 is 32.8 Å². The summed E-state index contributed by atoms with van der Waals surface area (Å²) in [6.45, 7) is 13.2. The molecule has 1 N–H and O–H groups in total. The van der Waals surface area contributed by atoms with Gasteiger partial charge in [0.25, 0.3) is 0 Å². The summed E-state index contributed by atoms with van der Waals surface area (Å²) in [5, 5.41) is 2.74. The molecule has 0 aromatic heterocycles. The van der Waals surface area contributed by atoms with Gasteiger partial charge in [-0.2, -0.15) is 0 Å². The molecule has 0 bridgehead atoms. The summed E-state index contributed by atoms with van der Waals surface area (Å²) in [6.07, 6.45) is -0.814. The summed E-state index contributed by atoms with van der Waals surface area (Å²) in [7, 11) is -1.10. The molecule has 0 aliphatic carbocycles. The smallest absolute Gasteiger partial charge is 0.444 e. The second-order valence-corrected chi connectivity index (χ2v) is 8.50. The van der Waals surface area contributed by atoms with Crippen LogP contribution in [0.2, 0.25) is 6.04 Å². The van der Waals surface area contributed by atoms with E-state index < -0.39 is 21.0 Å². The van der Waals surface area contributed by atoms with E-state index in [9.17, 15) is 4.79 Å². The Bertz CT molecular complexity index is 356. The number of nitrogens with one attached hydrogen (secondary N) is 1. The minimum atomic E-state index is -2.67. The van der Waals surface area contributed by atoms with Gasteiger partial charge in [-0.1, -0.05) is 0 Å². The van der Waals surface area contributed by atoms with E-state index in [-0.39, 0.29) is 12.4 Å². The minimum Gasteiger partial charge on any atom is -0.444 e. The van der Waals surface area contributed by atoms with Crippen molar-refractivity contribution in [3.05, 3.63) is 0 Å². The van der Waals surface area contributed by atoms with Gasteiger partial charge in [0.05, 0.1) is 6.10 Å². The number of amides is 1. The molecule has 0 rings (SSSR count). The van der Waals surface area contributed by atoms with E-state index in [1.807, 2.05) is 27.7 Å². The lowest BCUT2D eigenvalue weighted by atomic mass is 10.2. The third kappa shape index (κ3) is 10.4. The van der Waals surface area contributed by atoms with Gasteiger partial charge in [0.15, 0.2) is 6.29 Å². The first kappa shape index (κ1) is 25.3. The van der Waals surface area contributed by atoms with Crippen molar-refractivity contribution in [1.82, 2.24) is 5.32 Å². The number of methoxy groups -OCH3 is 1. The van der Waals surface area contributed by atoms with Crippen LogP contribution in [0.25, 0.3) is 0 Å². The molecule has 0 aromatic rings. The van der Waals surface area contributed by atoms with Gasteiger partial charge in [0.2, 0.25) is 0 Å². The Kier molecular flexibility index (Phi) is 14.0. The first-order valence-electron chi connectivity index (χ1n) is 9.38. The molecule has 0 radical (unpaired) electrons. The largest absolute Gasteiger partial charge is 0.500 e. The maximum Gasteiger partial charge on any atom is 0.500 e. The number of carbonyl (C=O) groups is 1. The molecular weight excluding hydrogens is 358 g/mol. The fraction of sp³-hybridized carbons (Fsp3) is 0.941. The zero-order valence-corrected chi connectivity index (χ0v) is 18.3. The van der Waals surface area contributed by atoms with Crippen LogP contribution >= 0.6 is 0 Å². The monoisotopic (exact) mass is 395 g/mol. The highest BCUT2D eigenvalue weighted by Gasteiger charge is 2.39. The molecule has 0 aliphatic heterocycles. The van der Waals surface area contributed by atoms with Gasteiger partial charge in [-0.05, 0) is 48.0 Å². The Hall–Kier alpha value is -0.713. The fourth-order valence-electron chi connectivity index (χ4n) is 2.27. The first-order valence-corrected chi connectivity index (χ1v) is 11.3. The maximum absolute atomic E-state index is 11.9. The van der Waals surface area contributed by atoms with Crippen LogP contribution in [0.3, 0.4) is 0 Å². The average molecular weight is 396 g/mol. The predicted octanol–water partition coefficient (Wildman–Crippen LogP) is 2.94. The number of alkyl carbamates (subject to hydrolysis) is 1. The van der Waals surface area contributed by atoms with Gasteiger partial charge in [-0.15, -0.1) is 0 Å². The summed E-state index contributed by atoms with van der Waals surface area (Å²) in [5.41, 5.74) is 0. The van der Waals surface area contributed by atoms with E-state index in [2.05, 4.69) is 5.32 Å². The Morgan fingerprint density at radius 1 is 0.962 bits per heavy atom. The third-order valence-electron chi connectivity index (χ3n) is 3.71. The highest BCUT2D eigenvalue weighted by Crippen LogP contribution is 2.17. The predicted molar refractivity (Wildman–Crippen MR) is 101 cm³/mol. The van der Waals surface area contributed by atoms with Crippen LogP contribution in [0.1, 0.15) is 48.0 Å². The molecule has 156 valence electrons. The lowest BCUT2D eigenvalue weighted by molar-refractivity contribution is -0.162. The van der Waals surface area contributed by atoms with Crippen molar-refractivity contribution in [1.29, 1.82) is 0 Å². The summed E-state index contributed by atoms with van der Waals surface area (Å²) in [5.74, 6) is 0. The Labute approximate surface area is 159 Å². The molecule has 0 aliphatic rings. The highest BCUT2D eigenvalue weighted by atomic mass is 28.4. The normalized spacial score (nSPS) is 15.3. The standard InChI is InChI=1S/C17H37NO7Si/c1-8-21-26(22-9-2,23-10-3)13-11-12-18-17(19)25-15(5)14(4)24-16(6)20-7/h14-16H,8-13H2,1-7H3,(H,18,19). The molecule has 8 nitrogen and oxygen atoms in total. The van der Waals surface area contributed by atoms with E-state index in [1.165, 1.54) is 0 Å². The Balaban J connectivity index is 4.25. The average Bonchev–Trinajstić information content (AvgIpc) is 2.59. The quantitative estimate of drug-likeness (QED) is 0.259. The molecule has 0 fully saturated rings. The second-order valence-electron chi connectivity index (χ2n) is 5.77. The molecule has 0 spiro atoms. The van der Waals surface area contributed by atoms with E-state index in [0.717, 1.165) is 0 Å². The number of rotatable bonds is 15. The molecule has 0 saturated heterocycles. The number of hydrogen-bond acceptors (Lipinski definition) is 7. The molecule has 3 atom stereocenters. The number of hydrogen-bond donors (Lipinski definition) is 1. The molecule has 3 unspecified atom stereocenters. The SMILES string of the molecule is CCO[Si](CCCNC(=O)OC(C)C(C)OC(C)OC)(OCC)OCC. The van der Waals surface area contributed by atoms with Gasteiger partial charge in [0.1, 0.15) is 6.10 Å². The molecule has 0 saturated carbocycles. The van der Waals surface area contributed by atoms with Gasteiger partial charge in [-0.3, -0.25) is 0 Å². The van der Waals surface area contributed by atoms with Gasteiger partial charge in [0, 0.05) is 39.5 Å². The first-order chi connectivity index (χ1) is 12.3. The van der Waals surface area contributed by atoms with E-state index in [1.54, 1.807) is 21.0 Å². The number of ether oxygens (including phenoxy) is 3. The van der Waals surface area contributed by atoms with Crippen molar-refractivity contribution in [2.45, 2.75) is 72.5 Å². The molecule has 9 heteroatoms. The lowest BCUT2D eigenvalue weighted by Gasteiger charge is -2.28. The van der Waals surface area contributed by atoms with Crippen molar-refractivity contribution >= 4 is 14.9 Å². The summed E-state index contributed by atoms with van der Waals surface area (Å²) in [4.78, 5) is 11.9. The lowest BCUT2D eigenvalue weighted by Crippen LogP contribution is -2.46. The number of carbonyl (C=O) groups excluding carboxylic acids is 1. The van der Waals surface area contributed by atoms with Crippen LogP contribution < -0.4 is 5.32 Å². The maximum atomic E-state index is 11.9. The van der Waals surface area contributed by atoms with Crippen molar-refractivity contribution in [2.24, 2.45) is 0 Å². The minimum absolute atomic E-state index is 0.274. The zero-order chi connectivity index (χ0) is 20.0. The molecule has 26 heavy (non-hydrogen) atoms. The van der Waals surface area contributed by atoms with Crippen molar-refractivity contribution in [3.8, 4) is 0 Å². The van der Waals surface area contributed by atoms with E-state index in [4.69, 9.17) is 27.5 Å². The molecule has 0 heterocycles. The van der Waals surface area contributed by atoms with Gasteiger partial charge in [-0.25, -0.2) is 4.79 Å². The van der Waals surface area contributed by atoms with Crippen LogP contribution in [0.4, 0.5) is 4.79 Å². The summed E-state index contributed by atoms with van der Waals surface area (Å²) >= 11 is 0. The second kappa shape index (κ2) is 14.4. The van der Waals surface area contributed by atoms with E-state index in [0.29, 0.717) is 38.8 Å². The van der Waals surface area contributed by atoms with Crippen LogP contribution in [-0.2, 0) is 27.5 Å². The topological polar surface area (TPSA) is 84.5 Å². The fourth-order valence-corrected chi connectivity index (χ4v) is 4.88. The highest BCUT2D eigenvalue weighted by molar-refractivity contribution is 6.60. The van der Waals surface area contributed by atoms with Gasteiger partial charge >= 0.3 is 14.9 Å². The van der Waals surface area contributed by atoms with Crippen molar-refractivity contribution in [2.75, 3.05) is 33.5 Å². The van der Waals surface area contributed by atoms with Crippen LogP contribution in [0.5, 0.6) is 0 Å². The van der Waals surface area contributed by atoms with E-state index >= 15 is 0 Å². The van der Waals surface area contributed by atoms with Crippen LogP contribution in [0.15, 0.2) is 0 Å². The van der Waals surface area contributed by atoms with Crippen molar-refractivity contribution < 1.29 is 32.3 Å².